The largest absolute Gasteiger partial charge is 0.352 e. The topological polar surface area (TPSA) is 102 Å². The summed E-state index contributed by atoms with van der Waals surface area (Å²) in [6.45, 7) is 0.149. The minimum absolute atomic E-state index is 0.0652. The minimum Gasteiger partial charge on any atom is -0.352 e. The van der Waals surface area contributed by atoms with Crippen molar-refractivity contribution in [2.75, 3.05) is 5.32 Å². The first-order valence-electron chi connectivity index (χ1n) is 8.02. The molecule has 0 saturated heterocycles. The number of carbonyl (C=O) groups is 2. The smallest absolute Gasteiger partial charge is 0.241 e. The van der Waals surface area contributed by atoms with Gasteiger partial charge in [-0.25, -0.2) is 0 Å². The Labute approximate surface area is 140 Å². The highest BCUT2D eigenvalue weighted by molar-refractivity contribution is 5.91. The van der Waals surface area contributed by atoms with E-state index in [2.05, 4.69) is 15.7 Å². The van der Waals surface area contributed by atoms with Crippen molar-refractivity contribution in [2.24, 2.45) is 5.73 Å². The Morgan fingerprint density at radius 2 is 2.00 bits per heavy atom. The van der Waals surface area contributed by atoms with Gasteiger partial charge in [0.15, 0.2) is 0 Å². The number of rotatable bonds is 7. The highest BCUT2D eigenvalue weighted by Crippen LogP contribution is 2.18. The third-order valence-electron chi connectivity index (χ3n) is 3.80. The number of nitrogens with zero attached hydrogens (tertiary/aromatic N) is 2. The minimum atomic E-state index is -0.356. The molecule has 1 saturated carbocycles. The van der Waals surface area contributed by atoms with E-state index in [4.69, 9.17) is 5.73 Å². The normalized spacial score (nSPS) is 14.9. The van der Waals surface area contributed by atoms with Gasteiger partial charge in [0.25, 0.3) is 0 Å². The number of nitrogens with two attached hydrogens (primary N) is 1. The van der Waals surface area contributed by atoms with Crippen LogP contribution in [0.15, 0.2) is 42.7 Å². The van der Waals surface area contributed by atoms with E-state index in [9.17, 15) is 9.59 Å². The molecule has 1 heterocycles. The monoisotopic (exact) mass is 327 g/mol. The summed E-state index contributed by atoms with van der Waals surface area (Å²) in [6.07, 6.45) is 5.44. The Bertz CT molecular complexity index is 709. The molecule has 24 heavy (non-hydrogen) atoms. The second-order valence-electron chi connectivity index (χ2n) is 6.04. The lowest BCUT2D eigenvalue weighted by Crippen LogP contribution is -2.29. The van der Waals surface area contributed by atoms with Crippen molar-refractivity contribution in [3.05, 3.63) is 48.3 Å². The summed E-state index contributed by atoms with van der Waals surface area (Å²) in [6, 6.07) is 9.46. The lowest BCUT2D eigenvalue weighted by molar-refractivity contribution is -0.122. The number of amides is 2. The fourth-order valence-corrected chi connectivity index (χ4v) is 2.39. The van der Waals surface area contributed by atoms with Crippen LogP contribution in [0.3, 0.4) is 0 Å². The second kappa shape index (κ2) is 7.27. The molecule has 7 nitrogen and oxygen atoms in total. The van der Waals surface area contributed by atoms with Crippen molar-refractivity contribution in [3.8, 4) is 0 Å². The Morgan fingerprint density at radius 3 is 2.71 bits per heavy atom. The molecule has 0 radical (unpaired) electrons. The van der Waals surface area contributed by atoms with Gasteiger partial charge in [0.05, 0.1) is 11.9 Å². The summed E-state index contributed by atoms with van der Waals surface area (Å²) in [4.78, 5) is 23.8. The lowest BCUT2D eigenvalue weighted by Gasteiger charge is -2.11. The molecular formula is C17H21N5O2. The first-order valence-corrected chi connectivity index (χ1v) is 8.02. The van der Waals surface area contributed by atoms with Gasteiger partial charge in [-0.1, -0.05) is 30.3 Å². The lowest BCUT2D eigenvalue weighted by atomic mass is 10.0. The number of anilines is 1. The van der Waals surface area contributed by atoms with Crippen LogP contribution in [0, 0.1) is 0 Å². The zero-order chi connectivity index (χ0) is 16.9. The third kappa shape index (κ3) is 4.66. The molecule has 1 aliphatic carbocycles. The van der Waals surface area contributed by atoms with E-state index < -0.39 is 0 Å². The SMILES string of the molecule is NC(CC(=O)Nc1cnn(CC(=O)NC2CC2)c1)c1ccccc1. The molecule has 2 amide bonds. The highest BCUT2D eigenvalue weighted by atomic mass is 16.2. The van der Waals surface area contributed by atoms with Crippen molar-refractivity contribution in [2.45, 2.75) is 37.9 Å². The molecule has 0 aliphatic heterocycles. The van der Waals surface area contributed by atoms with Crippen LogP contribution in [-0.2, 0) is 16.1 Å². The van der Waals surface area contributed by atoms with Crippen LogP contribution in [0.25, 0.3) is 0 Å². The summed E-state index contributed by atoms with van der Waals surface area (Å²) in [7, 11) is 0. The average molecular weight is 327 g/mol. The van der Waals surface area contributed by atoms with E-state index in [1.54, 1.807) is 6.20 Å². The fourth-order valence-electron chi connectivity index (χ4n) is 2.39. The predicted molar refractivity (Wildman–Crippen MR) is 90.0 cm³/mol. The number of hydrogen-bond acceptors (Lipinski definition) is 4. The summed E-state index contributed by atoms with van der Waals surface area (Å²) in [5.74, 6) is -0.252. The summed E-state index contributed by atoms with van der Waals surface area (Å²) in [5, 5.41) is 9.73. The molecule has 0 spiro atoms. The van der Waals surface area contributed by atoms with Crippen LogP contribution < -0.4 is 16.4 Å². The van der Waals surface area contributed by atoms with E-state index in [0.717, 1.165) is 18.4 Å². The zero-order valence-electron chi connectivity index (χ0n) is 13.3. The van der Waals surface area contributed by atoms with Crippen LogP contribution >= 0.6 is 0 Å². The maximum absolute atomic E-state index is 12.1. The van der Waals surface area contributed by atoms with Gasteiger partial charge >= 0.3 is 0 Å². The van der Waals surface area contributed by atoms with Crippen molar-refractivity contribution in [1.82, 2.24) is 15.1 Å². The van der Waals surface area contributed by atoms with E-state index in [-0.39, 0.29) is 30.8 Å². The Balaban J connectivity index is 1.48. The second-order valence-corrected chi connectivity index (χ2v) is 6.04. The van der Waals surface area contributed by atoms with Gasteiger partial charge in [-0.2, -0.15) is 5.10 Å². The summed E-state index contributed by atoms with van der Waals surface area (Å²) in [5.41, 5.74) is 7.51. The van der Waals surface area contributed by atoms with Gasteiger partial charge in [0, 0.05) is 24.7 Å². The van der Waals surface area contributed by atoms with Gasteiger partial charge < -0.3 is 16.4 Å². The summed E-state index contributed by atoms with van der Waals surface area (Å²) >= 11 is 0. The number of carbonyl (C=O) groups excluding carboxylic acids is 2. The molecular weight excluding hydrogens is 306 g/mol. The van der Waals surface area contributed by atoms with Crippen molar-refractivity contribution < 1.29 is 9.59 Å². The molecule has 2 aromatic rings. The Hall–Kier alpha value is -2.67. The zero-order valence-corrected chi connectivity index (χ0v) is 13.3. The molecule has 0 bridgehead atoms. The number of nitrogens with one attached hydrogen (secondary N) is 2. The summed E-state index contributed by atoms with van der Waals surface area (Å²) < 4.78 is 1.50. The molecule has 4 N–H and O–H groups in total. The van der Waals surface area contributed by atoms with Crippen LogP contribution in [0.4, 0.5) is 5.69 Å². The standard InChI is InChI=1S/C17H21N5O2/c18-15(12-4-2-1-3-5-12)8-16(23)21-14-9-19-22(10-14)11-17(24)20-13-6-7-13/h1-5,9-10,13,15H,6-8,11,18H2,(H,20,24)(H,21,23). The van der Waals surface area contributed by atoms with Crippen molar-refractivity contribution in [3.63, 3.8) is 0 Å². The number of aromatic nitrogens is 2. The van der Waals surface area contributed by atoms with Crippen LogP contribution in [0.2, 0.25) is 0 Å². The van der Waals surface area contributed by atoms with Gasteiger partial charge in [-0.15, -0.1) is 0 Å². The molecule has 1 atom stereocenters. The van der Waals surface area contributed by atoms with Crippen LogP contribution in [-0.4, -0.2) is 27.6 Å². The molecule has 1 unspecified atom stereocenters. The van der Waals surface area contributed by atoms with E-state index in [1.165, 1.54) is 10.9 Å². The molecule has 126 valence electrons. The first kappa shape index (κ1) is 16.2. The molecule has 1 aromatic carbocycles. The molecule has 1 fully saturated rings. The Kier molecular flexibility index (Phi) is 4.90. The van der Waals surface area contributed by atoms with E-state index in [0.29, 0.717) is 11.7 Å². The number of hydrogen-bond donors (Lipinski definition) is 3. The van der Waals surface area contributed by atoms with Gasteiger partial charge in [0.2, 0.25) is 11.8 Å². The third-order valence-corrected chi connectivity index (χ3v) is 3.80. The van der Waals surface area contributed by atoms with Gasteiger partial charge in [0.1, 0.15) is 6.54 Å². The Morgan fingerprint density at radius 1 is 1.25 bits per heavy atom. The van der Waals surface area contributed by atoms with Crippen LogP contribution in [0.1, 0.15) is 30.9 Å². The first-order chi connectivity index (χ1) is 11.6. The van der Waals surface area contributed by atoms with Gasteiger partial charge in [-0.3, -0.25) is 14.3 Å². The van der Waals surface area contributed by atoms with Crippen molar-refractivity contribution in [1.29, 1.82) is 0 Å². The van der Waals surface area contributed by atoms with Crippen molar-refractivity contribution >= 4 is 17.5 Å². The predicted octanol–water partition coefficient (Wildman–Crippen LogP) is 1.19. The average Bonchev–Trinajstić information content (AvgIpc) is 3.26. The maximum Gasteiger partial charge on any atom is 0.241 e. The molecule has 7 heteroatoms. The van der Waals surface area contributed by atoms with E-state index in [1.807, 2.05) is 30.3 Å². The van der Waals surface area contributed by atoms with Crippen LogP contribution in [0.5, 0.6) is 0 Å². The van der Waals surface area contributed by atoms with E-state index >= 15 is 0 Å². The molecule has 1 aromatic heterocycles. The molecule has 1 aliphatic rings. The fraction of sp³-hybridized carbons (Fsp3) is 0.353. The number of benzene rings is 1. The maximum atomic E-state index is 12.1. The quantitative estimate of drug-likeness (QED) is 0.711. The molecule has 3 rings (SSSR count). The highest BCUT2D eigenvalue weighted by Gasteiger charge is 2.23. The van der Waals surface area contributed by atoms with Gasteiger partial charge in [-0.05, 0) is 18.4 Å².